The summed E-state index contributed by atoms with van der Waals surface area (Å²) in [4.78, 5) is 0.232. The SMILES string of the molecule is CCN(C(C)C)S(=O)(=O)c1c(C)cccc1N. The lowest BCUT2D eigenvalue weighted by atomic mass is 10.2. The molecule has 0 saturated carbocycles. The van der Waals surface area contributed by atoms with Crippen LogP contribution in [0, 0.1) is 6.92 Å². The summed E-state index contributed by atoms with van der Waals surface area (Å²) in [6.07, 6.45) is 0. The highest BCUT2D eigenvalue weighted by Gasteiger charge is 2.28. The van der Waals surface area contributed by atoms with E-state index in [4.69, 9.17) is 5.73 Å². The molecule has 0 aromatic heterocycles. The largest absolute Gasteiger partial charge is 0.398 e. The van der Waals surface area contributed by atoms with Gasteiger partial charge in [0.05, 0.1) is 5.69 Å². The van der Waals surface area contributed by atoms with Crippen molar-refractivity contribution in [2.24, 2.45) is 0 Å². The van der Waals surface area contributed by atoms with Crippen LogP contribution in [0.15, 0.2) is 23.1 Å². The first-order valence-corrected chi connectivity index (χ1v) is 7.13. The molecule has 4 nitrogen and oxygen atoms in total. The smallest absolute Gasteiger partial charge is 0.245 e. The van der Waals surface area contributed by atoms with Gasteiger partial charge in [0.15, 0.2) is 0 Å². The number of hydrogen-bond acceptors (Lipinski definition) is 3. The Morgan fingerprint density at radius 3 is 2.35 bits per heavy atom. The number of aryl methyl sites for hydroxylation is 1. The van der Waals surface area contributed by atoms with Crippen LogP contribution in [0.25, 0.3) is 0 Å². The molecular formula is C12H20N2O2S. The first-order valence-electron chi connectivity index (χ1n) is 5.69. The third kappa shape index (κ3) is 2.61. The highest BCUT2D eigenvalue weighted by molar-refractivity contribution is 7.89. The van der Waals surface area contributed by atoms with E-state index >= 15 is 0 Å². The Kier molecular flexibility index (Phi) is 4.16. The Morgan fingerprint density at radius 1 is 1.35 bits per heavy atom. The Bertz CT molecular complexity index is 475. The number of anilines is 1. The molecular weight excluding hydrogens is 236 g/mol. The lowest BCUT2D eigenvalue weighted by Crippen LogP contribution is -2.37. The van der Waals surface area contributed by atoms with Gasteiger partial charge in [-0.3, -0.25) is 0 Å². The van der Waals surface area contributed by atoms with Gasteiger partial charge in [-0.25, -0.2) is 8.42 Å². The highest BCUT2D eigenvalue weighted by Crippen LogP contribution is 2.26. The van der Waals surface area contributed by atoms with Crippen molar-refractivity contribution in [3.63, 3.8) is 0 Å². The van der Waals surface area contributed by atoms with E-state index in [0.29, 0.717) is 17.8 Å². The molecule has 0 radical (unpaired) electrons. The van der Waals surface area contributed by atoms with E-state index in [0.717, 1.165) is 0 Å². The minimum absolute atomic E-state index is 0.0796. The minimum Gasteiger partial charge on any atom is -0.398 e. The second-order valence-electron chi connectivity index (χ2n) is 4.30. The van der Waals surface area contributed by atoms with Crippen molar-refractivity contribution < 1.29 is 8.42 Å². The van der Waals surface area contributed by atoms with Gasteiger partial charge >= 0.3 is 0 Å². The second-order valence-corrected chi connectivity index (χ2v) is 6.12. The molecule has 5 heteroatoms. The summed E-state index contributed by atoms with van der Waals surface area (Å²) in [6, 6.07) is 5.06. The molecule has 0 aliphatic heterocycles. The summed E-state index contributed by atoms with van der Waals surface area (Å²) in [6.45, 7) is 7.74. The van der Waals surface area contributed by atoms with Crippen molar-refractivity contribution in [3.8, 4) is 0 Å². The van der Waals surface area contributed by atoms with E-state index in [1.807, 2.05) is 20.8 Å². The van der Waals surface area contributed by atoms with Crippen LogP contribution in [0.2, 0.25) is 0 Å². The molecule has 0 bridgehead atoms. The number of benzene rings is 1. The van der Waals surface area contributed by atoms with Gasteiger partial charge in [-0.05, 0) is 32.4 Å². The molecule has 1 aromatic rings. The van der Waals surface area contributed by atoms with Gasteiger partial charge in [-0.15, -0.1) is 0 Å². The fourth-order valence-electron chi connectivity index (χ4n) is 1.96. The van der Waals surface area contributed by atoms with E-state index in [1.165, 1.54) is 4.31 Å². The predicted octanol–water partition coefficient (Wildman–Crippen LogP) is 2.00. The fourth-order valence-corrected chi connectivity index (χ4v) is 3.93. The maximum absolute atomic E-state index is 12.5. The average molecular weight is 256 g/mol. The minimum atomic E-state index is -3.50. The molecule has 1 aromatic carbocycles. The Labute approximate surface area is 103 Å². The van der Waals surface area contributed by atoms with Crippen LogP contribution in [-0.2, 0) is 10.0 Å². The summed E-state index contributed by atoms with van der Waals surface area (Å²) in [5.74, 6) is 0. The van der Waals surface area contributed by atoms with Crippen LogP contribution in [0.5, 0.6) is 0 Å². The third-order valence-electron chi connectivity index (χ3n) is 2.70. The van der Waals surface area contributed by atoms with Crippen molar-refractivity contribution in [1.82, 2.24) is 4.31 Å². The number of hydrogen-bond donors (Lipinski definition) is 1. The van der Waals surface area contributed by atoms with E-state index in [-0.39, 0.29) is 10.9 Å². The quantitative estimate of drug-likeness (QED) is 0.838. The second kappa shape index (κ2) is 5.06. The molecule has 0 amide bonds. The highest BCUT2D eigenvalue weighted by atomic mass is 32.2. The van der Waals surface area contributed by atoms with Crippen LogP contribution in [0.4, 0.5) is 5.69 Å². The van der Waals surface area contributed by atoms with Crippen LogP contribution in [0.1, 0.15) is 26.3 Å². The van der Waals surface area contributed by atoms with Gasteiger partial charge in [-0.1, -0.05) is 19.1 Å². The van der Waals surface area contributed by atoms with E-state index in [9.17, 15) is 8.42 Å². The Morgan fingerprint density at radius 2 is 1.94 bits per heavy atom. The molecule has 96 valence electrons. The number of nitrogens with zero attached hydrogens (tertiary/aromatic N) is 1. The van der Waals surface area contributed by atoms with Gasteiger partial charge in [0.25, 0.3) is 0 Å². The van der Waals surface area contributed by atoms with Crippen molar-refractivity contribution in [2.45, 2.75) is 38.6 Å². The van der Waals surface area contributed by atoms with Crippen molar-refractivity contribution in [3.05, 3.63) is 23.8 Å². The predicted molar refractivity (Wildman–Crippen MR) is 70.3 cm³/mol. The van der Waals surface area contributed by atoms with Gasteiger partial charge in [0.2, 0.25) is 10.0 Å². The third-order valence-corrected chi connectivity index (χ3v) is 5.07. The van der Waals surface area contributed by atoms with Gasteiger partial charge < -0.3 is 5.73 Å². The lowest BCUT2D eigenvalue weighted by Gasteiger charge is -2.25. The fraction of sp³-hybridized carbons (Fsp3) is 0.500. The van der Waals surface area contributed by atoms with Crippen LogP contribution >= 0.6 is 0 Å². The van der Waals surface area contributed by atoms with Gasteiger partial charge in [0.1, 0.15) is 4.90 Å². The summed E-state index contributed by atoms with van der Waals surface area (Å²) >= 11 is 0. The Hall–Kier alpha value is -1.07. The average Bonchev–Trinajstić information content (AvgIpc) is 2.16. The molecule has 0 aliphatic carbocycles. The molecule has 0 heterocycles. The van der Waals surface area contributed by atoms with Crippen molar-refractivity contribution in [2.75, 3.05) is 12.3 Å². The molecule has 0 unspecified atom stereocenters. The maximum atomic E-state index is 12.5. The maximum Gasteiger partial charge on any atom is 0.245 e. The Balaban J connectivity index is 3.41. The monoisotopic (exact) mass is 256 g/mol. The first-order chi connectivity index (χ1) is 7.82. The summed E-state index contributed by atoms with van der Waals surface area (Å²) in [7, 11) is -3.50. The summed E-state index contributed by atoms with van der Waals surface area (Å²) < 4.78 is 26.4. The molecule has 0 atom stereocenters. The summed E-state index contributed by atoms with van der Waals surface area (Å²) in [5, 5.41) is 0. The standard InChI is InChI=1S/C12H20N2O2S/c1-5-14(9(2)3)17(15,16)12-10(4)7-6-8-11(12)13/h6-9H,5,13H2,1-4H3. The number of rotatable bonds is 4. The van der Waals surface area contributed by atoms with Gasteiger partial charge in [-0.2, -0.15) is 4.31 Å². The van der Waals surface area contributed by atoms with E-state index in [2.05, 4.69) is 0 Å². The van der Waals surface area contributed by atoms with Crippen molar-refractivity contribution >= 4 is 15.7 Å². The van der Waals surface area contributed by atoms with E-state index < -0.39 is 10.0 Å². The first kappa shape index (κ1) is 14.0. The zero-order valence-corrected chi connectivity index (χ0v) is 11.6. The molecule has 1 rings (SSSR count). The zero-order valence-electron chi connectivity index (χ0n) is 10.8. The van der Waals surface area contributed by atoms with Crippen molar-refractivity contribution in [1.29, 1.82) is 0 Å². The number of nitrogens with two attached hydrogens (primary N) is 1. The van der Waals surface area contributed by atoms with Gasteiger partial charge in [0, 0.05) is 12.6 Å². The van der Waals surface area contributed by atoms with E-state index in [1.54, 1.807) is 25.1 Å². The number of sulfonamides is 1. The lowest BCUT2D eigenvalue weighted by molar-refractivity contribution is 0.369. The molecule has 0 saturated heterocycles. The zero-order chi connectivity index (χ0) is 13.2. The number of nitrogen functional groups attached to an aromatic ring is 1. The van der Waals surface area contributed by atoms with Crippen LogP contribution in [0.3, 0.4) is 0 Å². The normalized spacial score (nSPS) is 12.4. The molecule has 0 fully saturated rings. The van der Waals surface area contributed by atoms with Crippen LogP contribution in [-0.4, -0.2) is 25.3 Å². The topological polar surface area (TPSA) is 63.4 Å². The molecule has 2 N–H and O–H groups in total. The molecule has 0 aliphatic rings. The molecule has 17 heavy (non-hydrogen) atoms. The molecule has 0 spiro atoms. The summed E-state index contributed by atoms with van der Waals surface area (Å²) in [5.41, 5.74) is 6.79. The van der Waals surface area contributed by atoms with Crippen LogP contribution < -0.4 is 5.73 Å².